The monoisotopic (exact) mass is 317 g/mol. The van der Waals surface area contributed by atoms with Crippen LogP contribution in [0.4, 0.5) is 5.69 Å². The van der Waals surface area contributed by atoms with Crippen molar-refractivity contribution >= 4 is 21.6 Å². The van der Waals surface area contributed by atoms with Crippen LogP contribution in [-0.4, -0.2) is 14.3 Å². The largest absolute Gasteiger partial charge is 0.273 e. The van der Waals surface area contributed by atoms with Gasteiger partial charge in [-0.3, -0.25) is 4.79 Å². The Kier molecular flexibility index (Phi) is 4.66. The Hall–Kier alpha value is -2.14. The predicted molar refractivity (Wildman–Crippen MR) is 87.3 cm³/mol. The molecule has 0 atom stereocenters. The number of anilines is 1. The first-order valence-electron chi connectivity index (χ1n) is 7.09. The summed E-state index contributed by atoms with van der Waals surface area (Å²) in [5.41, 5.74) is 2.13. The molecule has 0 aliphatic carbocycles. The Labute approximate surface area is 131 Å². The highest BCUT2D eigenvalue weighted by atomic mass is 32.2. The molecule has 0 fully saturated rings. The number of nitrogens with zero attached hydrogens (tertiary/aromatic N) is 1. The van der Waals surface area contributed by atoms with Gasteiger partial charge in [0.15, 0.2) is 0 Å². The minimum Gasteiger partial charge on any atom is -0.273 e. The van der Waals surface area contributed by atoms with E-state index in [0.717, 1.165) is 15.4 Å². The number of carbonyl (C=O) groups excluding carboxylic acids is 1. The van der Waals surface area contributed by atoms with Crippen LogP contribution in [0.3, 0.4) is 0 Å². The van der Waals surface area contributed by atoms with E-state index < -0.39 is 15.9 Å². The van der Waals surface area contributed by atoms with E-state index in [9.17, 15) is 13.2 Å². The van der Waals surface area contributed by atoms with Crippen LogP contribution in [0.5, 0.6) is 0 Å². The zero-order valence-corrected chi connectivity index (χ0v) is 13.7. The SMILES string of the molecule is CCC(=O)N(c1cccc(C)c1C)S(=O)(=O)c1ccccc1. The van der Waals surface area contributed by atoms with Gasteiger partial charge in [0.25, 0.3) is 10.0 Å². The lowest BCUT2D eigenvalue weighted by molar-refractivity contribution is -0.117. The summed E-state index contributed by atoms with van der Waals surface area (Å²) in [6, 6.07) is 13.3. The molecule has 0 aromatic heterocycles. The molecule has 4 nitrogen and oxygen atoms in total. The van der Waals surface area contributed by atoms with Gasteiger partial charge >= 0.3 is 0 Å². The van der Waals surface area contributed by atoms with Crippen LogP contribution in [0.25, 0.3) is 0 Å². The molecule has 0 N–H and O–H groups in total. The summed E-state index contributed by atoms with van der Waals surface area (Å²) in [6.07, 6.45) is 0.111. The van der Waals surface area contributed by atoms with Gasteiger partial charge in [-0.15, -0.1) is 0 Å². The summed E-state index contributed by atoms with van der Waals surface area (Å²) in [7, 11) is -3.92. The van der Waals surface area contributed by atoms with Gasteiger partial charge in [0.1, 0.15) is 0 Å². The average Bonchev–Trinajstić information content (AvgIpc) is 2.52. The first-order chi connectivity index (χ1) is 10.4. The third-order valence-corrected chi connectivity index (χ3v) is 5.35. The van der Waals surface area contributed by atoms with E-state index in [1.165, 1.54) is 12.1 Å². The highest BCUT2D eigenvalue weighted by molar-refractivity contribution is 7.93. The van der Waals surface area contributed by atoms with Gasteiger partial charge in [-0.2, -0.15) is 0 Å². The quantitative estimate of drug-likeness (QED) is 0.868. The summed E-state index contributed by atoms with van der Waals surface area (Å²) in [5, 5.41) is 0. The van der Waals surface area contributed by atoms with E-state index in [4.69, 9.17) is 0 Å². The third-order valence-electron chi connectivity index (χ3n) is 3.61. The fraction of sp³-hybridized carbons (Fsp3) is 0.235. The number of aryl methyl sites for hydroxylation is 1. The summed E-state index contributed by atoms with van der Waals surface area (Å²) < 4.78 is 26.7. The van der Waals surface area contributed by atoms with Gasteiger partial charge in [-0.25, -0.2) is 12.7 Å². The molecule has 0 radical (unpaired) electrons. The first kappa shape index (κ1) is 16.2. The normalized spacial score (nSPS) is 11.2. The van der Waals surface area contributed by atoms with E-state index >= 15 is 0 Å². The van der Waals surface area contributed by atoms with Crippen LogP contribution in [0.2, 0.25) is 0 Å². The molecule has 2 aromatic rings. The smallest absolute Gasteiger partial charge is 0.270 e. The van der Waals surface area contributed by atoms with Crippen molar-refractivity contribution in [2.24, 2.45) is 0 Å². The van der Waals surface area contributed by atoms with E-state index in [1.807, 2.05) is 19.9 Å². The summed E-state index contributed by atoms with van der Waals surface area (Å²) >= 11 is 0. The molecule has 0 bridgehead atoms. The van der Waals surface area contributed by atoms with Gasteiger partial charge in [0.2, 0.25) is 5.91 Å². The van der Waals surface area contributed by atoms with Crippen molar-refractivity contribution in [3.63, 3.8) is 0 Å². The molecule has 2 aromatic carbocycles. The second kappa shape index (κ2) is 6.32. The summed E-state index contributed by atoms with van der Waals surface area (Å²) in [5.74, 6) is -0.447. The Morgan fingerprint density at radius 3 is 2.23 bits per heavy atom. The van der Waals surface area contributed by atoms with Gasteiger partial charge in [0.05, 0.1) is 10.6 Å². The summed E-state index contributed by atoms with van der Waals surface area (Å²) in [6.45, 7) is 5.37. The van der Waals surface area contributed by atoms with Crippen LogP contribution >= 0.6 is 0 Å². The number of benzene rings is 2. The lowest BCUT2D eigenvalue weighted by atomic mass is 10.1. The van der Waals surface area contributed by atoms with Crippen LogP contribution in [-0.2, 0) is 14.8 Å². The maximum Gasteiger partial charge on any atom is 0.270 e. The van der Waals surface area contributed by atoms with Gasteiger partial charge in [-0.1, -0.05) is 37.3 Å². The van der Waals surface area contributed by atoms with Crippen molar-refractivity contribution in [3.8, 4) is 0 Å². The number of hydrogen-bond acceptors (Lipinski definition) is 3. The zero-order valence-electron chi connectivity index (χ0n) is 12.9. The maximum absolute atomic E-state index is 12.9. The molecule has 0 heterocycles. The second-order valence-corrected chi connectivity index (χ2v) is 6.84. The second-order valence-electron chi connectivity index (χ2n) is 5.05. The minimum atomic E-state index is -3.92. The number of carbonyl (C=O) groups is 1. The van der Waals surface area contributed by atoms with Crippen molar-refractivity contribution in [2.75, 3.05) is 4.31 Å². The standard InChI is InChI=1S/C17H19NO3S/c1-4-17(19)18(16-12-8-9-13(2)14(16)3)22(20,21)15-10-6-5-7-11-15/h5-12H,4H2,1-3H3. The van der Waals surface area contributed by atoms with Crippen LogP contribution < -0.4 is 4.31 Å². The highest BCUT2D eigenvalue weighted by Crippen LogP contribution is 2.29. The maximum atomic E-state index is 12.9. The van der Waals surface area contributed by atoms with Gasteiger partial charge in [0, 0.05) is 6.42 Å². The molecule has 0 saturated heterocycles. The lowest BCUT2D eigenvalue weighted by Crippen LogP contribution is -2.37. The van der Waals surface area contributed by atoms with Crippen LogP contribution in [0.1, 0.15) is 24.5 Å². The number of sulfonamides is 1. The molecule has 0 aliphatic heterocycles. The fourth-order valence-electron chi connectivity index (χ4n) is 2.19. The fourth-order valence-corrected chi connectivity index (χ4v) is 3.76. The van der Waals surface area contributed by atoms with Gasteiger partial charge in [-0.05, 0) is 43.2 Å². The molecular weight excluding hydrogens is 298 g/mol. The molecule has 0 saturated carbocycles. The van der Waals surface area contributed by atoms with Crippen molar-refractivity contribution in [3.05, 3.63) is 59.7 Å². The molecule has 1 amide bonds. The molecule has 22 heavy (non-hydrogen) atoms. The van der Waals surface area contributed by atoms with Crippen molar-refractivity contribution < 1.29 is 13.2 Å². The molecule has 116 valence electrons. The topological polar surface area (TPSA) is 54.5 Å². The Morgan fingerprint density at radius 1 is 1.00 bits per heavy atom. The number of hydrogen-bond donors (Lipinski definition) is 0. The molecule has 0 aliphatic rings. The minimum absolute atomic E-state index is 0.109. The van der Waals surface area contributed by atoms with Crippen molar-refractivity contribution in [1.29, 1.82) is 0 Å². The first-order valence-corrected chi connectivity index (χ1v) is 8.53. The van der Waals surface area contributed by atoms with E-state index in [-0.39, 0.29) is 11.3 Å². The predicted octanol–water partition coefficient (Wildman–Crippen LogP) is 3.44. The van der Waals surface area contributed by atoms with E-state index in [1.54, 1.807) is 37.3 Å². The molecule has 0 unspecified atom stereocenters. The Bertz CT molecular complexity index is 783. The molecule has 0 spiro atoms. The van der Waals surface area contributed by atoms with E-state index in [2.05, 4.69) is 0 Å². The lowest BCUT2D eigenvalue weighted by Gasteiger charge is -2.24. The Balaban J connectivity index is 2.67. The van der Waals surface area contributed by atoms with E-state index in [0.29, 0.717) is 5.69 Å². The van der Waals surface area contributed by atoms with Gasteiger partial charge < -0.3 is 0 Å². The van der Waals surface area contributed by atoms with Crippen LogP contribution in [0, 0.1) is 13.8 Å². The summed E-state index contributed by atoms with van der Waals surface area (Å²) in [4.78, 5) is 12.5. The number of amides is 1. The average molecular weight is 317 g/mol. The number of rotatable bonds is 4. The molecule has 5 heteroatoms. The Morgan fingerprint density at radius 2 is 1.64 bits per heavy atom. The molecule has 2 rings (SSSR count). The zero-order chi connectivity index (χ0) is 16.3. The van der Waals surface area contributed by atoms with Crippen LogP contribution in [0.15, 0.2) is 53.4 Å². The third kappa shape index (κ3) is 2.90. The highest BCUT2D eigenvalue weighted by Gasteiger charge is 2.30. The molecular formula is C17H19NO3S. The van der Waals surface area contributed by atoms with Crippen molar-refractivity contribution in [1.82, 2.24) is 0 Å². The van der Waals surface area contributed by atoms with Crippen molar-refractivity contribution in [2.45, 2.75) is 32.1 Å².